The van der Waals surface area contributed by atoms with Crippen LogP contribution in [-0.4, -0.2) is 62.4 Å². The number of amides is 1. The second kappa shape index (κ2) is 11.0. The van der Waals surface area contributed by atoms with Gasteiger partial charge >= 0.3 is 6.09 Å². The average Bonchev–Trinajstić information content (AvgIpc) is 3.14. The molecule has 0 aliphatic carbocycles. The van der Waals surface area contributed by atoms with E-state index in [-0.39, 0.29) is 6.04 Å². The van der Waals surface area contributed by atoms with Gasteiger partial charge in [-0.25, -0.2) is 4.79 Å². The fourth-order valence-corrected chi connectivity index (χ4v) is 3.36. The normalized spacial score (nSPS) is 18.4. The third-order valence-electron chi connectivity index (χ3n) is 4.71. The number of likely N-dealkylation sites (tertiary alicyclic amines) is 1. The minimum atomic E-state index is -0.542. The number of benzene rings is 1. The van der Waals surface area contributed by atoms with E-state index in [1.165, 1.54) is 0 Å². The minimum absolute atomic E-state index is 0.232. The predicted octanol–water partition coefficient (Wildman–Crippen LogP) is 3.19. The van der Waals surface area contributed by atoms with Gasteiger partial charge in [0, 0.05) is 39.2 Å². The van der Waals surface area contributed by atoms with Gasteiger partial charge in [0.25, 0.3) is 0 Å². The Hall–Kier alpha value is -2.28. The topological polar surface area (TPSA) is 75.2 Å². The Bertz CT molecular complexity index is 658. The Kier molecular flexibility index (Phi) is 8.76. The highest BCUT2D eigenvalue weighted by Gasteiger charge is 2.26. The zero-order chi connectivity index (χ0) is 21.3. The summed E-state index contributed by atoms with van der Waals surface area (Å²) >= 11 is 0. The molecular formula is C22H36N4O3. The molecule has 2 atom stereocenters. The molecule has 2 N–H and O–H groups in total. The summed E-state index contributed by atoms with van der Waals surface area (Å²) in [6, 6.07) is 9.66. The monoisotopic (exact) mass is 404 g/mol. The van der Waals surface area contributed by atoms with E-state index in [0.29, 0.717) is 12.5 Å². The van der Waals surface area contributed by atoms with Gasteiger partial charge in [0.15, 0.2) is 5.96 Å². The first-order valence-corrected chi connectivity index (χ1v) is 10.4. The van der Waals surface area contributed by atoms with Crippen molar-refractivity contribution in [2.24, 2.45) is 10.9 Å². The number of nitrogens with zero attached hydrogens (tertiary/aromatic N) is 2. The molecule has 0 spiro atoms. The van der Waals surface area contributed by atoms with Crippen LogP contribution in [0.2, 0.25) is 0 Å². The lowest BCUT2D eigenvalue weighted by atomic mass is 10.1. The van der Waals surface area contributed by atoms with Gasteiger partial charge in [-0.05, 0) is 39.7 Å². The number of carbonyl (C=O) groups is 1. The molecule has 0 radical (unpaired) electrons. The molecule has 7 nitrogen and oxygen atoms in total. The molecule has 1 saturated heterocycles. The molecule has 2 rings (SSSR count). The van der Waals surface area contributed by atoms with Gasteiger partial charge in [0.1, 0.15) is 5.60 Å². The summed E-state index contributed by atoms with van der Waals surface area (Å²) < 4.78 is 11.0. The van der Waals surface area contributed by atoms with Gasteiger partial charge in [0.2, 0.25) is 0 Å². The molecule has 2 unspecified atom stereocenters. The van der Waals surface area contributed by atoms with Crippen LogP contribution in [0.5, 0.6) is 0 Å². The van der Waals surface area contributed by atoms with Crippen molar-refractivity contribution in [3.05, 3.63) is 35.9 Å². The molecular weight excluding hydrogens is 368 g/mol. The molecule has 1 aliphatic heterocycles. The molecule has 162 valence electrons. The van der Waals surface area contributed by atoms with Crippen LogP contribution < -0.4 is 10.6 Å². The van der Waals surface area contributed by atoms with E-state index >= 15 is 0 Å². The standard InChI is InChI=1S/C22H36N4O3/c1-6-28-16-17-12-13-26(15-17)20(23-5)24-14-19(18-10-8-7-9-11-18)25-21(27)29-22(2,3)4/h7-11,17,19H,6,12-16H2,1-5H3,(H,23,24)(H,25,27). The van der Waals surface area contributed by atoms with Crippen molar-refractivity contribution in [3.8, 4) is 0 Å². The Morgan fingerprint density at radius 2 is 2.03 bits per heavy atom. The summed E-state index contributed by atoms with van der Waals surface area (Å²) in [5, 5.41) is 6.40. The van der Waals surface area contributed by atoms with Crippen LogP contribution in [0.15, 0.2) is 35.3 Å². The van der Waals surface area contributed by atoms with Crippen molar-refractivity contribution in [2.75, 3.05) is 39.9 Å². The lowest BCUT2D eigenvalue weighted by Crippen LogP contribution is -2.45. The summed E-state index contributed by atoms with van der Waals surface area (Å²) in [7, 11) is 1.79. The Morgan fingerprint density at radius 3 is 2.66 bits per heavy atom. The maximum atomic E-state index is 12.3. The first-order valence-electron chi connectivity index (χ1n) is 10.4. The van der Waals surface area contributed by atoms with Crippen molar-refractivity contribution in [3.63, 3.8) is 0 Å². The van der Waals surface area contributed by atoms with E-state index in [1.807, 2.05) is 58.0 Å². The second-order valence-corrected chi connectivity index (χ2v) is 8.30. The highest BCUT2D eigenvalue weighted by atomic mass is 16.6. The second-order valence-electron chi connectivity index (χ2n) is 8.30. The van der Waals surface area contributed by atoms with Crippen molar-refractivity contribution >= 4 is 12.1 Å². The summed E-state index contributed by atoms with van der Waals surface area (Å²) in [4.78, 5) is 19.0. The number of hydrogen-bond acceptors (Lipinski definition) is 4. The lowest BCUT2D eigenvalue weighted by Gasteiger charge is -2.27. The van der Waals surface area contributed by atoms with Gasteiger partial charge < -0.3 is 25.0 Å². The van der Waals surface area contributed by atoms with Gasteiger partial charge in [0.05, 0.1) is 12.6 Å². The third-order valence-corrected chi connectivity index (χ3v) is 4.71. The Labute approximate surface area is 174 Å². The van der Waals surface area contributed by atoms with Crippen LogP contribution in [0.25, 0.3) is 0 Å². The predicted molar refractivity (Wildman–Crippen MR) is 116 cm³/mol. The van der Waals surface area contributed by atoms with Gasteiger partial charge in [-0.3, -0.25) is 4.99 Å². The van der Waals surface area contributed by atoms with Crippen molar-refractivity contribution in [2.45, 2.75) is 45.8 Å². The lowest BCUT2D eigenvalue weighted by molar-refractivity contribution is 0.0504. The maximum Gasteiger partial charge on any atom is 0.408 e. The molecule has 1 fully saturated rings. The van der Waals surface area contributed by atoms with E-state index in [0.717, 1.165) is 44.2 Å². The van der Waals surface area contributed by atoms with Crippen LogP contribution in [0.4, 0.5) is 4.79 Å². The zero-order valence-corrected chi connectivity index (χ0v) is 18.4. The molecule has 0 saturated carbocycles. The number of carbonyl (C=O) groups excluding carboxylic acids is 1. The van der Waals surface area contributed by atoms with Crippen LogP contribution >= 0.6 is 0 Å². The Balaban J connectivity index is 1.98. The quantitative estimate of drug-likeness (QED) is 0.539. The van der Waals surface area contributed by atoms with Crippen LogP contribution in [-0.2, 0) is 9.47 Å². The average molecular weight is 405 g/mol. The summed E-state index contributed by atoms with van der Waals surface area (Å²) in [5.74, 6) is 1.37. The number of alkyl carbamates (subject to hydrolysis) is 1. The molecule has 1 amide bonds. The van der Waals surface area contributed by atoms with Crippen molar-refractivity contribution in [1.29, 1.82) is 0 Å². The molecule has 1 aliphatic rings. The summed E-state index contributed by atoms with van der Waals surface area (Å²) in [6.45, 7) is 11.5. The molecule has 1 aromatic rings. The first-order chi connectivity index (χ1) is 13.8. The third kappa shape index (κ3) is 7.93. The minimum Gasteiger partial charge on any atom is -0.444 e. The SMILES string of the molecule is CCOCC1CCN(C(=NC)NCC(NC(=O)OC(C)(C)C)c2ccccc2)C1. The molecule has 0 bridgehead atoms. The highest BCUT2D eigenvalue weighted by molar-refractivity contribution is 5.80. The highest BCUT2D eigenvalue weighted by Crippen LogP contribution is 2.18. The maximum absolute atomic E-state index is 12.3. The number of hydrogen-bond donors (Lipinski definition) is 2. The van der Waals surface area contributed by atoms with E-state index < -0.39 is 11.7 Å². The van der Waals surface area contributed by atoms with E-state index in [2.05, 4.69) is 20.5 Å². The molecule has 0 aromatic heterocycles. The largest absolute Gasteiger partial charge is 0.444 e. The first kappa shape index (κ1) is 23.0. The summed E-state index contributed by atoms with van der Waals surface area (Å²) in [5.41, 5.74) is 0.469. The zero-order valence-electron chi connectivity index (χ0n) is 18.4. The van der Waals surface area contributed by atoms with E-state index in [1.54, 1.807) is 7.05 Å². The fraction of sp³-hybridized carbons (Fsp3) is 0.636. The van der Waals surface area contributed by atoms with Gasteiger partial charge in [-0.1, -0.05) is 30.3 Å². The smallest absolute Gasteiger partial charge is 0.408 e. The van der Waals surface area contributed by atoms with Crippen LogP contribution in [0.3, 0.4) is 0 Å². The summed E-state index contributed by atoms with van der Waals surface area (Å²) in [6.07, 6.45) is 0.667. The van der Waals surface area contributed by atoms with Crippen LogP contribution in [0, 0.1) is 5.92 Å². The molecule has 1 heterocycles. The molecule has 29 heavy (non-hydrogen) atoms. The van der Waals surface area contributed by atoms with Gasteiger partial charge in [-0.2, -0.15) is 0 Å². The van der Waals surface area contributed by atoms with E-state index in [9.17, 15) is 4.79 Å². The number of ether oxygens (including phenoxy) is 2. The number of rotatable bonds is 7. The number of guanidine groups is 1. The van der Waals surface area contributed by atoms with E-state index in [4.69, 9.17) is 9.47 Å². The number of nitrogens with one attached hydrogen (secondary N) is 2. The van der Waals surface area contributed by atoms with Crippen LogP contribution in [0.1, 0.15) is 45.7 Å². The Morgan fingerprint density at radius 1 is 1.31 bits per heavy atom. The van der Waals surface area contributed by atoms with Crippen molar-refractivity contribution < 1.29 is 14.3 Å². The fourth-order valence-electron chi connectivity index (χ4n) is 3.36. The molecule has 1 aromatic carbocycles. The van der Waals surface area contributed by atoms with Gasteiger partial charge in [-0.15, -0.1) is 0 Å². The number of aliphatic imine (C=N–C) groups is 1. The van der Waals surface area contributed by atoms with Crippen molar-refractivity contribution in [1.82, 2.24) is 15.5 Å². The molecule has 7 heteroatoms.